The van der Waals surface area contributed by atoms with Gasteiger partial charge in [-0.05, 0) is 61.2 Å². The molecule has 3 aliphatic rings. The van der Waals surface area contributed by atoms with E-state index in [0.717, 1.165) is 18.4 Å². The first-order valence-electron chi connectivity index (χ1n) is 13.0. The van der Waals surface area contributed by atoms with E-state index in [1.807, 2.05) is 42.2 Å². The number of nitrogens with zero attached hydrogens (tertiary/aromatic N) is 2. The number of carbonyl (C=O) groups excluding carboxylic acids is 1. The normalized spacial score (nSPS) is 25.4. The molecule has 8 nitrogen and oxygen atoms in total. The lowest BCUT2D eigenvalue weighted by atomic mass is 9.77. The second-order valence-corrected chi connectivity index (χ2v) is 10.9. The number of benzene rings is 3. The van der Waals surface area contributed by atoms with Crippen molar-refractivity contribution in [1.82, 2.24) is 4.90 Å². The second kappa shape index (κ2) is 10.0. The summed E-state index contributed by atoms with van der Waals surface area (Å²) in [5, 5.41) is 16.7. The Kier molecular flexibility index (Phi) is 6.65. The Balaban J connectivity index is 1.43. The van der Waals surface area contributed by atoms with Gasteiger partial charge in [-0.15, -0.1) is 0 Å². The molecule has 2 fully saturated rings. The number of fused-ring (bicyclic) bond motifs is 4. The molecule has 4 atom stereocenters. The molecule has 3 heterocycles. The Hall–Kier alpha value is -3.33. The molecule has 3 aromatic carbocycles. The van der Waals surface area contributed by atoms with Crippen molar-refractivity contribution in [1.29, 1.82) is 0 Å². The van der Waals surface area contributed by atoms with Gasteiger partial charge in [0.2, 0.25) is 0 Å². The van der Waals surface area contributed by atoms with Crippen molar-refractivity contribution in [3.63, 3.8) is 0 Å². The van der Waals surface area contributed by atoms with Crippen molar-refractivity contribution in [3.8, 4) is 11.5 Å². The molecule has 6 rings (SSSR count). The number of halogens is 2. The third-order valence-corrected chi connectivity index (χ3v) is 8.64. The van der Waals surface area contributed by atoms with Gasteiger partial charge >= 0.3 is 0 Å². The van der Waals surface area contributed by atoms with Gasteiger partial charge in [0.15, 0.2) is 17.0 Å². The molecule has 1 N–H and O–H groups in total. The Labute approximate surface area is 236 Å². The van der Waals surface area contributed by atoms with Crippen LogP contribution in [0.2, 0.25) is 10.0 Å². The van der Waals surface area contributed by atoms with Crippen LogP contribution in [0, 0.1) is 10.1 Å². The van der Waals surface area contributed by atoms with Gasteiger partial charge < -0.3 is 14.8 Å². The average molecular weight is 568 g/mol. The molecule has 0 aromatic heterocycles. The molecule has 1 amide bonds. The molecule has 0 radical (unpaired) electrons. The maximum absolute atomic E-state index is 13.7. The summed E-state index contributed by atoms with van der Waals surface area (Å²) in [5.74, 6) is -0.145. The first kappa shape index (κ1) is 25.9. The molecule has 0 unspecified atom stereocenters. The van der Waals surface area contributed by atoms with Gasteiger partial charge in [-0.25, -0.2) is 0 Å². The monoisotopic (exact) mass is 567 g/mol. The molecule has 3 aliphatic heterocycles. The number of para-hydroxylation sites is 1. The van der Waals surface area contributed by atoms with Gasteiger partial charge in [0, 0.05) is 33.8 Å². The zero-order valence-electron chi connectivity index (χ0n) is 21.2. The maximum atomic E-state index is 13.7. The van der Waals surface area contributed by atoms with E-state index in [1.54, 1.807) is 30.3 Å². The lowest BCUT2D eigenvalue weighted by Crippen LogP contribution is -2.55. The summed E-state index contributed by atoms with van der Waals surface area (Å²) in [4.78, 5) is 28.3. The van der Waals surface area contributed by atoms with Crippen LogP contribution in [-0.2, 0) is 16.9 Å². The van der Waals surface area contributed by atoms with Gasteiger partial charge in [-0.2, -0.15) is 0 Å². The van der Waals surface area contributed by atoms with Crippen molar-refractivity contribution < 1.29 is 19.2 Å². The van der Waals surface area contributed by atoms with E-state index in [1.165, 1.54) is 0 Å². The standard InChI is InChI=1S/C29H27Cl2N3O5/c1-2-38-24-15-18(14-21(31)26(24)39-16-17-9-11-19(30)12-10-17)25-23-8-5-13-33(23)29(27(25)34(36)37)20-6-3-4-7-22(20)32-28(29)35/h3-4,6-7,9-12,14-15,23,25,27H,2,5,8,13,16H2,1H3,(H,32,35)/t23-,25+,27-,29-/m0/s1. The number of hydrogen-bond acceptors (Lipinski definition) is 6. The number of nitrogens with one attached hydrogen (secondary N) is 1. The van der Waals surface area contributed by atoms with E-state index in [-0.39, 0.29) is 23.5 Å². The predicted octanol–water partition coefficient (Wildman–Crippen LogP) is 6.03. The first-order chi connectivity index (χ1) is 18.9. The molecule has 10 heteroatoms. The number of hydrogen-bond donors (Lipinski definition) is 1. The van der Waals surface area contributed by atoms with Gasteiger partial charge in [0.25, 0.3) is 11.9 Å². The van der Waals surface area contributed by atoms with Crippen LogP contribution in [0.5, 0.6) is 11.5 Å². The Morgan fingerprint density at radius 3 is 2.64 bits per heavy atom. The van der Waals surface area contributed by atoms with E-state index >= 15 is 0 Å². The molecule has 2 saturated heterocycles. The van der Waals surface area contributed by atoms with Crippen molar-refractivity contribution in [2.24, 2.45) is 0 Å². The first-order valence-corrected chi connectivity index (χ1v) is 13.8. The largest absolute Gasteiger partial charge is 0.490 e. The summed E-state index contributed by atoms with van der Waals surface area (Å²) in [6.45, 7) is 3.05. The smallest absolute Gasteiger partial charge is 0.256 e. The number of carbonyl (C=O) groups is 1. The zero-order valence-corrected chi connectivity index (χ0v) is 22.7. The van der Waals surface area contributed by atoms with Crippen LogP contribution in [-0.4, -0.2) is 41.0 Å². The second-order valence-electron chi connectivity index (χ2n) is 10.1. The fraction of sp³-hybridized carbons (Fsp3) is 0.345. The number of nitro groups is 1. The summed E-state index contributed by atoms with van der Waals surface area (Å²) in [5.41, 5.74) is 1.45. The van der Waals surface area contributed by atoms with Crippen molar-refractivity contribution in [3.05, 3.63) is 97.5 Å². The van der Waals surface area contributed by atoms with E-state index in [2.05, 4.69) is 5.32 Å². The molecule has 0 bridgehead atoms. The molecule has 39 heavy (non-hydrogen) atoms. The zero-order chi connectivity index (χ0) is 27.3. The molecular formula is C29H27Cl2N3O5. The highest BCUT2D eigenvalue weighted by molar-refractivity contribution is 6.32. The van der Waals surface area contributed by atoms with Gasteiger partial charge in [0.1, 0.15) is 6.61 Å². The van der Waals surface area contributed by atoms with Crippen molar-refractivity contribution in [2.45, 2.75) is 49.9 Å². The minimum atomic E-state index is -1.39. The molecule has 0 saturated carbocycles. The number of amides is 1. The van der Waals surface area contributed by atoms with E-state index in [0.29, 0.717) is 51.5 Å². The number of anilines is 1. The van der Waals surface area contributed by atoms with Crippen LogP contribution in [0.1, 0.15) is 42.4 Å². The average Bonchev–Trinajstić information content (AvgIpc) is 3.57. The summed E-state index contributed by atoms with van der Waals surface area (Å²) in [6.07, 6.45) is 1.58. The lowest BCUT2D eigenvalue weighted by Gasteiger charge is -2.32. The topological polar surface area (TPSA) is 93.9 Å². The van der Waals surface area contributed by atoms with E-state index < -0.39 is 17.5 Å². The molecule has 1 spiro atoms. The minimum Gasteiger partial charge on any atom is -0.490 e. The van der Waals surface area contributed by atoms with Crippen molar-refractivity contribution >= 4 is 34.8 Å². The lowest BCUT2D eigenvalue weighted by molar-refractivity contribution is -0.534. The molecular weight excluding hydrogens is 541 g/mol. The van der Waals surface area contributed by atoms with Crippen LogP contribution < -0.4 is 14.8 Å². The third kappa shape index (κ3) is 4.04. The van der Waals surface area contributed by atoms with Gasteiger partial charge in [-0.3, -0.25) is 19.8 Å². The van der Waals surface area contributed by atoms with Gasteiger partial charge in [-0.1, -0.05) is 53.5 Å². The highest BCUT2D eigenvalue weighted by atomic mass is 35.5. The number of rotatable bonds is 7. The maximum Gasteiger partial charge on any atom is 0.256 e. The highest BCUT2D eigenvalue weighted by Gasteiger charge is 2.73. The summed E-state index contributed by atoms with van der Waals surface area (Å²) in [7, 11) is 0. The molecule has 202 valence electrons. The Bertz CT molecular complexity index is 1450. The van der Waals surface area contributed by atoms with Crippen LogP contribution in [0.15, 0.2) is 60.7 Å². The van der Waals surface area contributed by atoms with Crippen LogP contribution >= 0.6 is 23.2 Å². The van der Waals surface area contributed by atoms with E-state index in [9.17, 15) is 14.9 Å². The Morgan fingerprint density at radius 2 is 1.90 bits per heavy atom. The number of ether oxygens (including phenoxy) is 2. The molecule has 3 aromatic rings. The van der Waals surface area contributed by atoms with Crippen molar-refractivity contribution in [2.75, 3.05) is 18.5 Å². The summed E-state index contributed by atoms with van der Waals surface area (Å²) >= 11 is 12.8. The fourth-order valence-corrected chi connectivity index (χ4v) is 7.09. The summed E-state index contributed by atoms with van der Waals surface area (Å²) in [6, 6.07) is 16.7. The minimum absolute atomic E-state index is 0.205. The van der Waals surface area contributed by atoms with E-state index in [4.69, 9.17) is 32.7 Å². The third-order valence-electron chi connectivity index (χ3n) is 8.11. The SMILES string of the molecule is CCOc1cc([C@H]2[C@H]([N+](=O)[O-])[C@@]3(C(=O)Nc4ccccc43)N3CCC[C@@H]23)cc(Cl)c1OCc1ccc(Cl)cc1. The molecule has 0 aliphatic carbocycles. The quantitative estimate of drug-likeness (QED) is 0.277. The van der Waals surface area contributed by atoms with Gasteiger partial charge in [0.05, 0.1) is 17.5 Å². The Morgan fingerprint density at radius 1 is 1.13 bits per heavy atom. The summed E-state index contributed by atoms with van der Waals surface area (Å²) < 4.78 is 12.0. The fourth-order valence-electron chi connectivity index (χ4n) is 6.69. The van der Waals surface area contributed by atoms with Crippen LogP contribution in [0.4, 0.5) is 5.69 Å². The highest BCUT2D eigenvalue weighted by Crippen LogP contribution is 2.58. The van der Waals surface area contributed by atoms with Crippen LogP contribution in [0.25, 0.3) is 0 Å². The predicted molar refractivity (Wildman–Crippen MR) is 148 cm³/mol. The van der Waals surface area contributed by atoms with Crippen LogP contribution in [0.3, 0.4) is 0 Å².